The van der Waals surface area contributed by atoms with Crippen LogP contribution in [0.5, 0.6) is 11.5 Å². The summed E-state index contributed by atoms with van der Waals surface area (Å²) in [6.45, 7) is 5.50. The summed E-state index contributed by atoms with van der Waals surface area (Å²) in [5, 5.41) is 9.52. The highest BCUT2D eigenvalue weighted by Crippen LogP contribution is 2.51. The van der Waals surface area contributed by atoms with Gasteiger partial charge in [-0.1, -0.05) is 36.9 Å². The van der Waals surface area contributed by atoms with Crippen LogP contribution in [0.2, 0.25) is 0 Å². The maximum Gasteiger partial charge on any atom is 0.257 e. The van der Waals surface area contributed by atoms with E-state index in [-0.39, 0.29) is 16.9 Å². The van der Waals surface area contributed by atoms with Crippen LogP contribution in [0.4, 0.5) is 0 Å². The minimum Gasteiger partial charge on any atom is -0.497 e. The number of fused-ring (bicyclic) bond motifs is 1. The Labute approximate surface area is 245 Å². The van der Waals surface area contributed by atoms with Gasteiger partial charge < -0.3 is 29.7 Å². The maximum absolute atomic E-state index is 13.0. The van der Waals surface area contributed by atoms with Gasteiger partial charge in [-0.15, -0.1) is 11.8 Å². The zero-order valence-electron chi connectivity index (χ0n) is 23.7. The second kappa shape index (κ2) is 12.0. The van der Waals surface area contributed by atoms with Crippen LogP contribution in [0.1, 0.15) is 42.6 Å². The molecule has 2 N–H and O–H groups in total. The topological polar surface area (TPSA) is 84.4 Å². The predicted octanol–water partition coefficient (Wildman–Crippen LogP) is 5.07. The SMILES string of the molecule is CC[C@]1(C)CC2CSC(NC(=O)c3ccccc3)=N[C@]2(C2SC=C(NCc3ccc(OC)cc3OC)N2C)CO1. The van der Waals surface area contributed by atoms with E-state index < -0.39 is 5.54 Å². The molecule has 2 aromatic rings. The molecule has 2 aromatic carbocycles. The van der Waals surface area contributed by atoms with Gasteiger partial charge in [0.05, 0.1) is 26.4 Å². The Bertz CT molecular complexity index is 1290. The monoisotopic (exact) mass is 582 g/mol. The number of hydrogen-bond acceptors (Lipinski definition) is 9. The molecule has 214 valence electrons. The van der Waals surface area contributed by atoms with E-state index in [1.54, 1.807) is 37.7 Å². The molecule has 3 aliphatic heterocycles. The lowest BCUT2D eigenvalue weighted by Crippen LogP contribution is -2.63. The van der Waals surface area contributed by atoms with Crippen molar-refractivity contribution in [3.63, 3.8) is 0 Å². The van der Waals surface area contributed by atoms with Crippen LogP contribution in [-0.4, -0.2) is 66.1 Å². The summed E-state index contributed by atoms with van der Waals surface area (Å²) in [7, 11) is 5.43. The number of thioether (sulfide) groups is 2. The van der Waals surface area contributed by atoms with Gasteiger partial charge in [0.15, 0.2) is 5.17 Å². The van der Waals surface area contributed by atoms with E-state index in [1.165, 1.54) is 0 Å². The van der Waals surface area contributed by atoms with E-state index >= 15 is 0 Å². The Balaban J connectivity index is 1.36. The third-order valence-corrected chi connectivity index (χ3v) is 10.6. The van der Waals surface area contributed by atoms with Crippen LogP contribution in [0.15, 0.2) is 64.8 Å². The van der Waals surface area contributed by atoms with Crippen LogP contribution in [0.25, 0.3) is 0 Å². The average molecular weight is 583 g/mol. The smallest absolute Gasteiger partial charge is 0.257 e. The van der Waals surface area contributed by atoms with Crippen molar-refractivity contribution < 1.29 is 19.0 Å². The summed E-state index contributed by atoms with van der Waals surface area (Å²) < 4.78 is 17.5. The summed E-state index contributed by atoms with van der Waals surface area (Å²) in [5.74, 6) is 3.61. The number of ether oxygens (including phenoxy) is 3. The van der Waals surface area contributed by atoms with Crippen molar-refractivity contribution in [3.8, 4) is 11.5 Å². The van der Waals surface area contributed by atoms with E-state index in [2.05, 4.69) is 41.8 Å². The number of aliphatic imine (C=N–C) groups is 1. The van der Waals surface area contributed by atoms with Gasteiger partial charge in [-0.3, -0.25) is 4.79 Å². The van der Waals surface area contributed by atoms with Crippen LogP contribution in [0.3, 0.4) is 0 Å². The van der Waals surface area contributed by atoms with E-state index in [1.807, 2.05) is 48.5 Å². The molecule has 40 heavy (non-hydrogen) atoms. The molecule has 0 spiro atoms. The summed E-state index contributed by atoms with van der Waals surface area (Å²) in [6.07, 6.45) is 1.88. The predicted molar refractivity (Wildman–Crippen MR) is 163 cm³/mol. The number of methoxy groups -OCH3 is 2. The number of carbonyl (C=O) groups excluding carboxylic acids is 1. The summed E-state index contributed by atoms with van der Waals surface area (Å²) in [5.41, 5.74) is 0.988. The molecule has 2 unspecified atom stereocenters. The fraction of sp³-hybridized carbons (Fsp3) is 0.467. The van der Waals surface area contributed by atoms with Crippen molar-refractivity contribution in [1.82, 2.24) is 15.5 Å². The number of hydrogen-bond donors (Lipinski definition) is 2. The second-order valence-electron chi connectivity index (χ2n) is 10.7. The Morgan fingerprint density at radius 2 is 2.00 bits per heavy atom. The van der Waals surface area contributed by atoms with Crippen molar-refractivity contribution >= 4 is 34.6 Å². The molecule has 8 nitrogen and oxygen atoms in total. The fourth-order valence-electron chi connectivity index (χ4n) is 5.52. The molecular formula is C30H38N4O4S2. The van der Waals surface area contributed by atoms with Gasteiger partial charge >= 0.3 is 0 Å². The fourth-order valence-corrected chi connectivity index (χ4v) is 8.04. The first-order valence-electron chi connectivity index (χ1n) is 13.6. The molecule has 0 radical (unpaired) electrons. The largest absolute Gasteiger partial charge is 0.497 e. The van der Waals surface area contributed by atoms with Crippen LogP contribution in [0, 0.1) is 5.92 Å². The molecule has 4 atom stereocenters. The number of likely N-dealkylation sites (N-methyl/N-ethyl adjacent to an activating group) is 1. The van der Waals surface area contributed by atoms with E-state index in [0.717, 1.165) is 41.5 Å². The highest BCUT2D eigenvalue weighted by Gasteiger charge is 2.57. The number of nitrogens with one attached hydrogen (secondary N) is 2. The molecule has 0 saturated carbocycles. The Morgan fingerprint density at radius 1 is 1.20 bits per heavy atom. The van der Waals surface area contributed by atoms with Gasteiger partial charge in [0, 0.05) is 47.9 Å². The molecule has 1 amide bonds. The van der Waals surface area contributed by atoms with E-state index in [4.69, 9.17) is 19.2 Å². The Kier molecular flexibility index (Phi) is 8.58. The first kappa shape index (κ1) is 28.7. The second-order valence-corrected chi connectivity index (χ2v) is 12.6. The Hall–Kier alpha value is -2.82. The lowest BCUT2D eigenvalue weighted by Gasteiger charge is -2.53. The molecule has 3 aliphatic rings. The Morgan fingerprint density at radius 3 is 2.73 bits per heavy atom. The highest BCUT2D eigenvalue weighted by molar-refractivity contribution is 8.14. The van der Waals surface area contributed by atoms with Crippen molar-refractivity contribution in [3.05, 3.63) is 70.9 Å². The molecule has 0 aromatic heterocycles. The molecule has 10 heteroatoms. The van der Waals surface area contributed by atoms with Crippen LogP contribution in [-0.2, 0) is 11.3 Å². The van der Waals surface area contributed by atoms with Crippen molar-refractivity contribution in [2.45, 2.75) is 49.7 Å². The van der Waals surface area contributed by atoms with Crippen molar-refractivity contribution in [2.24, 2.45) is 10.9 Å². The minimum atomic E-state index is -0.504. The summed E-state index contributed by atoms with van der Waals surface area (Å²) in [4.78, 5) is 20.5. The number of nitrogens with zero attached hydrogens (tertiary/aromatic N) is 2. The first-order chi connectivity index (χ1) is 19.3. The van der Waals surface area contributed by atoms with E-state index in [9.17, 15) is 4.79 Å². The van der Waals surface area contributed by atoms with Gasteiger partial charge in [-0.05, 0) is 44.0 Å². The molecule has 1 saturated heterocycles. The quantitative estimate of drug-likeness (QED) is 0.446. The third kappa shape index (κ3) is 5.66. The average Bonchev–Trinajstić information content (AvgIpc) is 3.36. The molecule has 0 aliphatic carbocycles. The normalized spacial score (nSPS) is 27.8. The number of carbonyl (C=O) groups is 1. The van der Waals surface area contributed by atoms with Gasteiger partial charge in [0.2, 0.25) is 0 Å². The van der Waals surface area contributed by atoms with Crippen LogP contribution < -0.4 is 20.1 Å². The van der Waals surface area contributed by atoms with Gasteiger partial charge in [-0.25, -0.2) is 4.99 Å². The molecule has 5 rings (SSSR count). The van der Waals surface area contributed by atoms with Gasteiger partial charge in [0.1, 0.15) is 28.2 Å². The molecule has 3 heterocycles. The first-order valence-corrected chi connectivity index (χ1v) is 15.5. The maximum atomic E-state index is 13.0. The van der Waals surface area contributed by atoms with E-state index in [0.29, 0.717) is 29.8 Å². The molecule has 1 fully saturated rings. The lowest BCUT2D eigenvalue weighted by atomic mass is 9.74. The standard InChI is InChI=1S/C30H38N4O4S2/c1-6-29(2)15-22-17-40-28(32-26(35)20-10-8-7-9-11-20)33-30(22,19-38-29)27-34(3)25(18-39-27)31-16-21-12-13-23(36-4)14-24(21)37-5/h7-14,18,22,27,31H,6,15-17,19H2,1-5H3,(H,32,33,35)/t22?,27?,29-,30-/m1/s1. The number of rotatable bonds is 8. The minimum absolute atomic E-state index is 0.0173. The number of benzene rings is 2. The molecule has 0 bridgehead atoms. The highest BCUT2D eigenvalue weighted by atomic mass is 32.2. The zero-order chi connectivity index (χ0) is 28.3. The number of amides is 1. The van der Waals surface area contributed by atoms with Gasteiger partial charge in [0.25, 0.3) is 5.91 Å². The molecular weight excluding hydrogens is 544 g/mol. The number of amidine groups is 1. The van der Waals surface area contributed by atoms with Crippen LogP contribution >= 0.6 is 23.5 Å². The summed E-state index contributed by atoms with van der Waals surface area (Å²) >= 11 is 3.39. The zero-order valence-corrected chi connectivity index (χ0v) is 25.4. The third-order valence-electron chi connectivity index (χ3n) is 8.19. The lowest BCUT2D eigenvalue weighted by molar-refractivity contribution is -0.126. The van der Waals surface area contributed by atoms with Crippen molar-refractivity contribution in [1.29, 1.82) is 0 Å². The van der Waals surface area contributed by atoms with Gasteiger partial charge in [-0.2, -0.15) is 0 Å². The summed E-state index contributed by atoms with van der Waals surface area (Å²) in [6, 6.07) is 15.1. The van der Waals surface area contributed by atoms with Crippen molar-refractivity contribution in [2.75, 3.05) is 33.6 Å².